The largest absolute Gasteiger partial charge is 0.348 e. The molecule has 0 aliphatic carbocycles. The molecule has 0 saturated carbocycles. The highest BCUT2D eigenvalue weighted by Gasteiger charge is 2.39. The van der Waals surface area contributed by atoms with Gasteiger partial charge in [0.25, 0.3) is 5.91 Å². The van der Waals surface area contributed by atoms with Crippen LogP contribution in [0.5, 0.6) is 0 Å². The number of amides is 1. The number of aromatic nitrogens is 2. The lowest BCUT2D eigenvalue weighted by molar-refractivity contribution is 0.0874. The molecule has 2 atom stereocenters. The second-order valence-electron chi connectivity index (χ2n) is 7.73. The van der Waals surface area contributed by atoms with Crippen molar-refractivity contribution < 1.29 is 9.18 Å². The molecule has 1 N–H and O–H groups in total. The number of halogens is 1. The minimum atomic E-state index is -0.635. The van der Waals surface area contributed by atoms with Crippen molar-refractivity contribution >= 4 is 16.8 Å². The number of carbonyl (C=O) groups is 1. The highest BCUT2D eigenvalue weighted by atomic mass is 19.1. The highest BCUT2D eigenvalue weighted by molar-refractivity contribution is 5.95. The second kappa shape index (κ2) is 7.03. The van der Waals surface area contributed by atoms with Crippen molar-refractivity contribution in [1.82, 2.24) is 20.0 Å². The van der Waals surface area contributed by atoms with Gasteiger partial charge in [-0.1, -0.05) is 13.0 Å². The SMILES string of the molecule is CCCn1nc(C(=O)NC2CC3CCC(C2)N3C)c(=O)c2c(F)cccc21. The third-order valence-electron chi connectivity index (χ3n) is 6.02. The van der Waals surface area contributed by atoms with Crippen LogP contribution in [-0.4, -0.2) is 45.8 Å². The Morgan fingerprint density at radius 2 is 2.00 bits per heavy atom. The van der Waals surface area contributed by atoms with E-state index in [4.69, 9.17) is 0 Å². The quantitative estimate of drug-likeness (QED) is 0.894. The Balaban J connectivity index is 1.67. The molecular formula is C20H25FN4O2. The molecule has 27 heavy (non-hydrogen) atoms. The number of piperidine rings is 1. The van der Waals surface area contributed by atoms with Crippen molar-refractivity contribution in [3.63, 3.8) is 0 Å². The van der Waals surface area contributed by atoms with E-state index in [0.29, 0.717) is 24.1 Å². The van der Waals surface area contributed by atoms with Gasteiger partial charge in [0.05, 0.1) is 10.9 Å². The van der Waals surface area contributed by atoms with Gasteiger partial charge >= 0.3 is 0 Å². The first kappa shape index (κ1) is 18.1. The fraction of sp³-hybridized carbons (Fsp3) is 0.550. The van der Waals surface area contributed by atoms with Gasteiger partial charge in [0.1, 0.15) is 5.82 Å². The van der Waals surface area contributed by atoms with Crippen molar-refractivity contribution in [1.29, 1.82) is 0 Å². The Labute approximate surface area is 157 Å². The van der Waals surface area contributed by atoms with E-state index in [0.717, 1.165) is 32.1 Å². The zero-order valence-electron chi connectivity index (χ0n) is 15.7. The lowest BCUT2D eigenvalue weighted by Gasteiger charge is -2.36. The third kappa shape index (κ3) is 3.14. The average molecular weight is 372 g/mol. The van der Waals surface area contributed by atoms with Crippen LogP contribution in [0.15, 0.2) is 23.0 Å². The Morgan fingerprint density at radius 3 is 2.67 bits per heavy atom. The number of nitrogens with zero attached hydrogens (tertiary/aromatic N) is 3. The van der Waals surface area contributed by atoms with Gasteiger partial charge in [-0.15, -0.1) is 0 Å². The topological polar surface area (TPSA) is 67.2 Å². The van der Waals surface area contributed by atoms with E-state index in [1.807, 2.05) is 6.92 Å². The van der Waals surface area contributed by atoms with Crippen LogP contribution >= 0.6 is 0 Å². The van der Waals surface area contributed by atoms with Gasteiger partial charge in [-0.3, -0.25) is 14.3 Å². The zero-order chi connectivity index (χ0) is 19.1. The van der Waals surface area contributed by atoms with Gasteiger partial charge in [-0.2, -0.15) is 5.10 Å². The normalized spacial score (nSPS) is 25.1. The molecule has 2 saturated heterocycles. The van der Waals surface area contributed by atoms with E-state index >= 15 is 0 Å². The maximum absolute atomic E-state index is 14.3. The standard InChI is InChI=1S/C20H25FN4O2/c1-3-9-25-16-6-4-5-15(21)17(16)19(26)18(23-25)20(27)22-12-10-13-7-8-14(11-12)24(13)2/h4-6,12-14H,3,7-11H2,1-2H3,(H,22,27). The van der Waals surface area contributed by atoms with Crippen LogP contribution in [0.25, 0.3) is 10.9 Å². The summed E-state index contributed by atoms with van der Waals surface area (Å²) in [6, 6.07) is 5.46. The maximum atomic E-state index is 14.3. The molecule has 3 heterocycles. The van der Waals surface area contributed by atoms with Gasteiger partial charge in [-0.05, 0) is 51.3 Å². The lowest BCUT2D eigenvalue weighted by atomic mass is 9.98. The molecule has 1 aromatic carbocycles. The number of benzene rings is 1. The Bertz CT molecular complexity index is 927. The Kier molecular flexibility index (Phi) is 4.72. The van der Waals surface area contributed by atoms with Gasteiger partial charge in [0, 0.05) is 24.7 Å². The van der Waals surface area contributed by atoms with E-state index in [9.17, 15) is 14.0 Å². The summed E-state index contributed by atoms with van der Waals surface area (Å²) >= 11 is 0. The van der Waals surface area contributed by atoms with Gasteiger partial charge < -0.3 is 10.2 Å². The van der Waals surface area contributed by atoms with Crippen LogP contribution in [0, 0.1) is 5.82 Å². The molecule has 1 aromatic heterocycles. The molecule has 6 nitrogen and oxygen atoms in total. The van der Waals surface area contributed by atoms with Crippen LogP contribution in [0.1, 0.15) is 49.5 Å². The summed E-state index contributed by atoms with van der Waals surface area (Å²) in [5.74, 6) is -1.11. The fourth-order valence-electron chi connectivity index (χ4n) is 4.60. The highest BCUT2D eigenvalue weighted by Crippen LogP contribution is 2.34. The molecule has 144 valence electrons. The Morgan fingerprint density at radius 1 is 1.30 bits per heavy atom. The van der Waals surface area contributed by atoms with Gasteiger partial charge in [0.15, 0.2) is 5.69 Å². The number of nitrogens with one attached hydrogen (secondary N) is 1. The van der Waals surface area contributed by atoms with E-state index in [1.165, 1.54) is 6.07 Å². The molecule has 2 aliphatic heterocycles. The monoisotopic (exact) mass is 372 g/mol. The number of aryl methyl sites for hydroxylation is 1. The fourth-order valence-corrected chi connectivity index (χ4v) is 4.60. The molecule has 7 heteroatoms. The van der Waals surface area contributed by atoms with Crippen LogP contribution in [-0.2, 0) is 6.54 Å². The molecular weight excluding hydrogens is 347 g/mol. The molecule has 0 spiro atoms. The van der Waals surface area contributed by atoms with Crippen molar-refractivity contribution in [3.8, 4) is 0 Å². The maximum Gasteiger partial charge on any atom is 0.276 e. The molecule has 2 aliphatic rings. The molecule has 1 amide bonds. The number of carbonyl (C=O) groups excluding carboxylic acids is 1. The minimum absolute atomic E-state index is 0.0309. The van der Waals surface area contributed by atoms with E-state index < -0.39 is 17.2 Å². The third-order valence-corrected chi connectivity index (χ3v) is 6.02. The van der Waals surface area contributed by atoms with E-state index in [2.05, 4.69) is 22.4 Å². The summed E-state index contributed by atoms with van der Waals surface area (Å²) in [5.41, 5.74) is -0.424. The predicted octanol–water partition coefficient (Wildman–Crippen LogP) is 2.30. The smallest absolute Gasteiger partial charge is 0.276 e. The van der Waals surface area contributed by atoms with E-state index in [-0.39, 0.29) is 17.1 Å². The zero-order valence-corrected chi connectivity index (χ0v) is 15.7. The summed E-state index contributed by atoms with van der Waals surface area (Å²) in [7, 11) is 2.14. The molecule has 0 radical (unpaired) electrons. The minimum Gasteiger partial charge on any atom is -0.348 e. The first-order valence-electron chi connectivity index (χ1n) is 9.71. The molecule has 2 unspecified atom stereocenters. The Hall–Kier alpha value is -2.28. The van der Waals surface area contributed by atoms with Crippen molar-refractivity contribution in [3.05, 3.63) is 39.9 Å². The van der Waals surface area contributed by atoms with Crippen LogP contribution in [0.4, 0.5) is 4.39 Å². The molecule has 4 rings (SSSR count). The van der Waals surface area contributed by atoms with Gasteiger partial charge in [0.2, 0.25) is 5.43 Å². The summed E-state index contributed by atoms with van der Waals surface area (Å²) in [4.78, 5) is 28.0. The summed E-state index contributed by atoms with van der Waals surface area (Å²) < 4.78 is 15.9. The molecule has 2 aromatic rings. The first-order valence-corrected chi connectivity index (χ1v) is 9.71. The summed E-state index contributed by atoms with van der Waals surface area (Å²) in [6.45, 7) is 2.48. The van der Waals surface area contributed by atoms with E-state index in [1.54, 1.807) is 16.8 Å². The lowest BCUT2D eigenvalue weighted by Crippen LogP contribution is -2.49. The van der Waals surface area contributed by atoms with Crippen LogP contribution in [0.2, 0.25) is 0 Å². The number of hydrogen-bond donors (Lipinski definition) is 1. The van der Waals surface area contributed by atoms with Crippen molar-refractivity contribution in [2.75, 3.05) is 7.05 Å². The predicted molar refractivity (Wildman–Crippen MR) is 101 cm³/mol. The van der Waals surface area contributed by atoms with Crippen LogP contribution in [0.3, 0.4) is 0 Å². The summed E-state index contributed by atoms with van der Waals surface area (Å²) in [5, 5.41) is 7.21. The van der Waals surface area contributed by atoms with Crippen molar-refractivity contribution in [2.24, 2.45) is 0 Å². The molecule has 2 bridgehead atoms. The average Bonchev–Trinajstić information content (AvgIpc) is 2.85. The number of rotatable bonds is 4. The van der Waals surface area contributed by atoms with Crippen molar-refractivity contribution in [2.45, 2.75) is 63.7 Å². The number of hydrogen-bond acceptors (Lipinski definition) is 4. The summed E-state index contributed by atoms with van der Waals surface area (Å²) in [6.07, 6.45) is 4.82. The van der Waals surface area contributed by atoms with Gasteiger partial charge in [-0.25, -0.2) is 4.39 Å². The van der Waals surface area contributed by atoms with Crippen LogP contribution < -0.4 is 10.7 Å². The second-order valence-corrected chi connectivity index (χ2v) is 7.73. The first-order chi connectivity index (χ1) is 13.0. The molecule has 2 fully saturated rings. The number of fused-ring (bicyclic) bond motifs is 3.